The van der Waals surface area contributed by atoms with Gasteiger partial charge < -0.3 is 14.2 Å². The molecule has 0 fully saturated rings. The molecule has 0 amide bonds. The molecule has 0 aliphatic carbocycles. The lowest BCUT2D eigenvalue weighted by Gasteiger charge is -2.18. The maximum Gasteiger partial charge on any atom is 0.306 e. The van der Waals surface area contributed by atoms with Crippen LogP contribution in [-0.2, 0) is 28.6 Å². The van der Waals surface area contributed by atoms with Crippen LogP contribution in [0.4, 0.5) is 0 Å². The minimum absolute atomic E-state index is 0.0846. The Bertz CT molecular complexity index is 1150. The zero-order valence-electron chi connectivity index (χ0n) is 41.6. The van der Waals surface area contributed by atoms with Gasteiger partial charge in [-0.25, -0.2) is 0 Å². The van der Waals surface area contributed by atoms with Crippen molar-refractivity contribution >= 4 is 17.9 Å². The third-order valence-corrected chi connectivity index (χ3v) is 11.4. The first kappa shape index (κ1) is 60.1. The molecule has 6 nitrogen and oxygen atoms in total. The van der Waals surface area contributed by atoms with Crippen LogP contribution in [0.3, 0.4) is 0 Å². The molecule has 0 saturated heterocycles. The lowest BCUT2D eigenvalue weighted by Crippen LogP contribution is -2.30. The van der Waals surface area contributed by atoms with E-state index in [9.17, 15) is 14.4 Å². The molecule has 63 heavy (non-hydrogen) atoms. The predicted molar refractivity (Wildman–Crippen MR) is 270 cm³/mol. The largest absolute Gasteiger partial charge is 0.462 e. The van der Waals surface area contributed by atoms with Crippen LogP contribution in [0.1, 0.15) is 265 Å². The molecule has 364 valence electrons. The quantitative estimate of drug-likeness (QED) is 0.0262. The number of ether oxygens (including phenoxy) is 3. The minimum atomic E-state index is -0.785. The van der Waals surface area contributed by atoms with Gasteiger partial charge in [0.25, 0.3) is 0 Å². The number of hydrogen-bond acceptors (Lipinski definition) is 6. The van der Waals surface area contributed by atoms with Crippen molar-refractivity contribution in [1.82, 2.24) is 0 Å². The van der Waals surface area contributed by atoms with Crippen LogP contribution < -0.4 is 0 Å². The van der Waals surface area contributed by atoms with Gasteiger partial charge in [0.15, 0.2) is 6.10 Å². The van der Waals surface area contributed by atoms with E-state index in [1.807, 2.05) is 0 Å². The van der Waals surface area contributed by atoms with Crippen molar-refractivity contribution in [2.75, 3.05) is 13.2 Å². The summed E-state index contributed by atoms with van der Waals surface area (Å²) in [7, 11) is 0. The second-order valence-corrected chi connectivity index (χ2v) is 17.8. The highest BCUT2D eigenvalue weighted by molar-refractivity contribution is 5.71. The van der Waals surface area contributed by atoms with Crippen molar-refractivity contribution in [3.63, 3.8) is 0 Å². The second kappa shape index (κ2) is 51.7. The molecule has 0 aromatic heterocycles. The summed E-state index contributed by atoms with van der Waals surface area (Å²) >= 11 is 0. The molecule has 0 rings (SSSR count). The first-order valence-electron chi connectivity index (χ1n) is 26.8. The Kier molecular flexibility index (Phi) is 49.4. The van der Waals surface area contributed by atoms with Crippen molar-refractivity contribution in [1.29, 1.82) is 0 Å². The SMILES string of the molecule is CCC/C=C\CCCCCCCC(=O)OCC(COC(=O)CCCCCCCCCCC/C=C\C/C=C\CCCCCCC)OC(=O)CCCCCCC/C=C\C/C=C\CCCC. The van der Waals surface area contributed by atoms with Crippen LogP contribution in [0.25, 0.3) is 0 Å². The van der Waals surface area contributed by atoms with Gasteiger partial charge in [-0.2, -0.15) is 0 Å². The Morgan fingerprint density at radius 3 is 1.00 bits per heavy atom. The van der Waals surface area contributed by atoms with Crippen LogP contribution in [0.5, 0.6) is 0 Å². The molecule has 0 radical (unpaired) electrons. The summed E-state index contributed by atoms with van der Waals surface area (Å²) in [4.78, 5) is 37.9. The summed E-state index contributed by atoms with van der Waals surface area (Å²) in [5.74, 6) is -0.910. The van der Waals surface area contributed by atoms with Gasteiger partial charge in [0.1, 0.15) is 13.2 Å². The normalized spacial score (nSPS) is 12.5. The molecule has 1 unspecified atom stereocenters. The predicted octanol–water partition coefficient (Wildman–Crippen LogP) is 17.6. The van der Waals surface area contributed by atoms with E-state index in [1.165, 1.54) is 122 Å². The summed E-state index contributed by atoms with van der Waals surface area (Å²) in [6.45, 7) is 6.51. The first-order chi connectivity index (χ1) is 31.0. The van der Waals surface area contributed by atoms with E-state index in [4.69, 9.17) is 14.2 Å². The fourth-order valence-electron chi connectivity index (χ4n) is 7.37. The van der Waals surface area contributed by atoms with E-state index in [0.29, 0.717) is 19.3 Å². The van der Waals surface area contributed by atoms with E-state index in [2.05, 4.69) is 81.5 Å². The summed E-state index contributed by atoms with van der Waals surface area (Å²) in [6, 6.07) is 0. The Balaban J connectivity index is 4.31. The summed E-state index contributed by atoms with van der Waals surface area (Å²) in [5, 5.41) is 0. The molecule has 0 bridgehead atoms. The van der Waals surface area contributed by atoms with Gasteiger partial charge in [0, 0.05) is 19.3 Å². The second-order valence-electron chi connectivity index (χ2n) is 17.8. The van der Waals surface area contributed by atoms with Crippen LogP contribution in [0.15, 0.2) is 60.8 Å². The number of carbonyl (C=O) groups excluding carboxylic acids is 3. The fourth-order valence-corrected chi connectivity index (χ4v) is 7.37. The van der Waals surface area contributed by atoms with Gasteiger partial charge in [0.05, 0.1) is 0 Å². The third-order valence-electron chi connectivity index (χ3n) is 11.4. The van der Waals surface area contributed by atoms with Gasteiger partial charge in [-0.1, -0.05) is 210 Å². The summed E-state index contributed by atoms with van der Waals surface area (Å²) < 4.78 is 16.8. The highest BCUT2D eigenvalue weighted by Gasteiger charge is 2.19. The van der Waals surface area contributed by atoms with E-state index in [-0.39, 0.29) is 31.1 Å². The molecular formula is C57H100O6. The molecule has 0 aromatic rings. The number of carbonyl (C=O) groups is 3. The zero-order valence-corrected chi connectivity index (χ0v) is 41.6. The number of allylic oxidation sites excluding steroid dienone is 10. The lowest BCUT2D eigenvalue weighted by molar-refractivity contribution is -0.167. The molecule has 0 spiro atoms. The molecule has 0 aliphatic rings. The van der Waals surface area contributed by atoms with Crippen molar-refractivity contribution in [3.8, 4) is 0 Å². The standard InChI is InChI=1S/C57H100O6/c1-4-7-10-13-16-19-22-24-26-27-28-29-30-31-32-34-35-38-41-44-47-50-56(59)62-53-54(52-61-55(58)49-46-43-40-37-21-18-15-12-9-6-3)63-57(60)51-48-45-42-39-36-33-25-23-20-17-14-11-8-5-2/h12,14-15,17,22-25,27-28,54H,4-11,13,16,18-21,26,29-53H2,1-3H3/b15-12-,17-14-,24-22-,25-23-,28-27-. The van der Waals surface area contributed by atoms with Crippen molar-refractivity contribution in [2.45, 2.75) is 271 Å². The topological polar surface area (TPSA) is 78.9 Å². The Morgan fingerprint density at radius 1 is 0.317 bits per heavy atom. The number of hydrogen-bond donors (Lipinski definition) is 0. The number of esters is 3. The Morgan fingerprint density at radius 2 is 0.619 bits per heavy atom. The smallest absolute Gasteiger partial charge is 0.306 e. The maximum absolute atomic E-state index is 12.8. The van der Waals surface area contributed by atoms with Gasteiger partial charge in [-0.3, -0.25) is 14.4 Å². The molecule has 0 aliphatic heterocycles. The Labute approximate surface area is 390 Å². The summed E-state index contributed by atoms with van der Waals surface area (Å²) in [6.07, 6.45) is 63.5. The molecule has 0 N–H and O–H groups in total. The number of unbranched alkanes of at least 4 members (excludes halogenated alkanes) is 27. The first-order valence-corrected chi connectivity index (χ1v) is 26.8. The molecular weight excluding hydrogens is 781 g/mol. The molecule has 0 aromatic carbocycles. The van der Waals surface area contributed by atoms with E-state index < -0.39 is 6.10 Å². The zero-order chi connectivity index (χ0) is 45.8. The Hall–Kier alpha value is -2.89. The highest BCUT2D eigenvalue weighted by Crippen LogP contribution is 2.14. The van der Waals surface area contributed by atoms with Crippen LogP contribution in [-0.4, -0.2) is 37.2 Å². The molecule has 0 saturated carbocycles. The fraction of sp³-hybridized carbons (Fsp3) is 0.772. The average molecular weight is 881 g/mol. The van der Waals surface area contributed by atoms with Crippen LogP contribution in [0.2, 0.25) is 0 Å². The van der Waals surface area contributed by atoms with Crippen LogP contribution >= 0.6 is 0 Å². The van der Waals surface area contributed by atoms with Gasteiger partial charge >= 0.3 is 17.9 Å². The average Bonchev–Trinajstić information content (AvgIpc) is 3.28. The summed E-state index contributed by atoms with van der Waals surface area (Å²) in [5.41, 5.74) is 0. The number of rotatable bonds is 48. The van der Waals surface area contributed by atoms with Gasteiger partial charge in [0.2, 0.25) is 0 Å². The monoisotopic (exact) mass is 881 g/mol. The van der Waals surface area contributed by atoms with Crippen molar-refractivity contribution < 1.29 is 28.6 Å². The van der Waals surface area contributed by atoms with E-state index >= 15 is 0 Å². The van der Waals surface area contributed by atoms with E-state index in [1.54, 1.807) is 0 Å². The maximum atomic E-state index is 12.8. The van der Waals surface area contributed by atoms with Crippen molar-refractivity contribution in [3.05, 3.63) is 60.8 Å². The van der Waals surface area contributed by atoms with Crippen LogP contribution in [0, 0.1) is 0 Å². The third kappa shape index (κ3) is 50.0. The van der Waals surface area contributed by atoms with E-state index in [0.717, 1.165) is 103 Å². The van der Waals surface area contributed by atoms with Gasteiger partial charge in [-0.05, 0) is 96.3 Å². The molecule has 6 heteroatoms. The van der Waals surface area contributed by atoms with Gasteiger partial charge in [-0.15, -0.1) is 0 Å². The van der Waals surface area contributed by atoms with Crippen molar-refractivity contribution in [2.24, 2.45) is 0 Å². The molecule has 0 heterocycles. The molecule has 1 atom stereocenters. The highest BCUT2D eigenvalue weighted by atomic mass is 16.6. The lowest BCUT2D eigenvalue weighted by atomic mass is 10.1. The minimum Gasteiger partial charge on any atom is -0.462 e.